The van der Waals surface area contributed by atoms with Crippen LogP contribution in [0.4, 0.5) is 13.9 Å². The Hall–Kier alpha value is -1.49. The number of halogens is 2. The van der Waals surface area contributed by atoms with Crippen LogP contribution in [0, 0.1) is 17.6 Å². The van der Waals surface area contributed by atoms with E-state index in [1.807, 2.05) is 0 Å². The summed E-state index contributed by atoms with van der Waals surface area (Å²) in [6.45, 7) is 4.95. The molecule has 0 radical (unpaired) electrons. The maximum atomic E-state index is 13.6. The van der Waals surface area contributed by atoms with Crippen molar-refractivity contribution in [2.45, 2.75) is 13.8 Å². The van der Waals surface area contributed by atoms with Gasteiger partial charge in [-0.25, -0.2) is 13.8 Å². The van der Waals surface area contributed by atoms with E-state index in [1.165, 1.54) is 29.5 Å². The molecule has 0 unspecified atom stereocenters. The van der Waals surface area contributed by atoms with E-state index in [0.29, 0.717) is 16.7 Å². The maximum Gasteiger partial charge on any atom is 0.183 e. The van der Waals surface area contributed by atoms with Gasteiger partial charge in [0.15, 0.2) is 5.13 Å². The number of aromatic nitrogens is 1. The Balaban J connectivity index is 2.24. The number of benzene rings is 1. The molecule has 2 rings (SSSR count). The van der Waals surface area contributed by atoms with E-state index in [9.17, 15) is 8.78 Å². The van der Waals surface area contributed by atoms with Crippen molar-refractivity contribution >= 4 is 16.5 Å². The normalized spacial score (nSPS) is 10.9. The van der Waals surface area contributed by atoms with Gasteiger partial charge >= 0.3 is 0 Å². The molecule has 0 amide bonds. The van der Waals surface area contributed by atoms with Crippen LogP contribution in [-0.4, -0.2) is 11.5 Å². The first-order valence-corrected chi connectivity index (χ1v) is 6.59. The van der Waals surface area contributed by atoms with Crippen molar-refractivity contribution in [1.82, 2.24) is 4.98 Å². The van der Waals surface area contributed by atoms with Crippen LogP contribution in [0.25, 0.3) is 11.3 Å². The van der Waals surface area contributed by atoms with Crippen molar-refractivity contribution < 1.29 is 8.78 Å². The van der Waals surface area contributed by atoms with Crippen molar-refractivity contribution in [1.29, 1.82) is 0 Å². The lowest BCUT2D eigenvalue weighted by Gasteiger charge is -2.04. The predicted molar refractivity (Wildman–Crippen MR) is 70.8 cm³/mol. The molecule has 0 atom stereocenters. The zero-order chi connectivity index (χ0) is 13.1. The highest BCUT2D eigenvalue weighted by molar-refractivity contribution is 7.14. The van der Waals surface area contributed by atoms with E-state index in [-0.39, 0.29) is 5.56 Å². The summed E-state index contributed by atoms with van der Waals surface area (Å²) in [5.41, 5.74) is 0.271. The third-order valence-corrected chi connectivity index (χ3v) is 3.18. The third-order valence-electron chi connectivity index (χ3n) is 2.38. The Kier molecular flexibility index (Phi) is 3.91. The smallest absolute Gasteiger partial charge is 0.183 e. The SMILES string of the molecule is CC(C)CNc1nc(-c2c(F)cccc2F)cs1. The number of nitrogens with zero attached hydrogens (tertiary/aromatic N) is 1. The molecule has 0 aliphatic carbocycles. The monoisotopic (exact) mass is 268 g/mol. The molecule has 96 valence electrons. The number of nitrogens with one attached hydrogen (secondary N) is 1. The highest BCUT2D eigenvalue weighted by Gasteiger charge is 2.14. The molecule has 1 heterocycles. The van der Waals surface area contributed by atoms with Crippen molar-refractivity contribution in [3.05, 3.63) is 35.2 Å². The highest BCUT2D eigenvalue weighted by Crippen LogP contribution is 2.29. The van der Waals surface area contributed by atoms with Crippen LogP contribution in [0.1, 0.15) is 13.8 Å². The molecule has 2 aromatic rings. The molecule has 1 aromatic carbocycles. The van der Waals surface area contributed by atoms with Crippen LogP contribution < -0.4 is 5.32 Å². The molecule has 2 nitrogen and oxygen atoms in total. The van der Waals surface area contributed by atoms with Gasteiger partial charge in [0.25, 0.3) is 0 Å². The van der Waals surface area contributed by atoms with Crippen LogP contribution in [0.2, 0.25) is 0 Å². The summed E-state index contributed by atoms with van der Waals surface area (Å²) in [5, 5.41) is 5.47. The van der Waals surface area contributed by atoms with Crippen LogP contribution in [0.5, 0.6) is 0 Å². The molecule has 0 saturated heterocycles. The van der Waals surface area contributed by atoms with Crippen molar-refractivity contribution in [2.75, 3.05) is 11.9 Å². The molecule has 0 aliphatic heterocycles. The van der Waals surface area contributed by atoms with E-state index < -0.39 is 11.6 Å². The molecule has 5 heteroatoms. The predicted octanol–water partition coefficient (Wildman–Crippen LogP) is 4.16. The number of hydrogen-bond acceptors (Lipinski definition) is 3. The lowest BCUT2D eigenvalue weighted by atomic mass is 10.1. The molecule has 0 bridgehead atoms. The van der Waals surface area contributed by atoms with Gasteiger partial charge in [-0.05, 0) is 18.1 Å². The molecule has 1 N–H and O–H groups in total. The van der Waals surface area contributed by atoms with Gasteiger partial charge in [-0.15, -0.1) is 11.3 Å². The summed E-state index contributed by atoms with van der Waals surface area (Å²) in [6, 6.07) is 3.82. The average molecular weight is 268 g/mol. The van der Waals surface area contributed by atoms with Gasteiger partial charge in [-0.2, -0.15) is 0 Å². The minimum absolute atomic E-state index is 0.0636. The molecule has 0 saturated carbocycles. The van der Waals surface area contributed by atoms with Crippen molar-refractivity contribution in [2.24, 2.45) is 5.92 Å². The van der Waals surface area contributed by atoms with Gasteiger partial charge in [0.05, 0.1) is 11.3 Å². The average Bonchev–Trinajstić information content (AvgIpc) is 2.75. The number of hydrogen-bond donors (Lipinski definition) is 1. The fraction of sp³-hybridized carbons (Fsp3) is 0.308. The summed E-state index contributed by atoms with van der Waals surface area (Å²) in [6.07, 6.45) is 0. The third kappa shape index (κ3) is 2.85. The first-order valence-electron chi connectivity index (χ1n) is 5.71. The van der Waals surface area contributed by atoms with Gasteiger partial charge < -0.3 is 5.32 Å². The standard InChI is InChI=1S/C13H14F2N2S/c1-8(2)6-16-13-17-11(7-18-13)12-9(14)4-3-5-10(12)15/h3-5,7-8H,6H2,1-2H3,(H,16,17). The van der Waals surface area contributed by atoms with Crippen LogP contribution in [0.15, 0.2) is 23.6 Å². The lowest BCUT2D eigenvalue weighted by molar-refractivity contribution is 0.589. The van der Waals surface area contributed by atoms with Crippen molar-refractivity contribution in [3.8, 4) is 11.3 Å². The lowest BCUT2D eigenvalue weighted by Crippen LogP contribution is -2.07. The zero-order valence-electron chi connectivity index (χ0n) is 10.2. The van der Waals surface area contributed by atoms with Gasteiger partial charge in [0.2, 0.25) is 0 Å². The van der Waals surface area contributed by atoms with Crippen LogP contribution >= 0.6 is 11.3 Å². The second kappa shape index (κ2) is 5.44. The second-order valence-corrected chi connectivity index (χ2v) is 5.27. The van der Waals surface area contributed by atoms with Gasteiger partial charge in [0, 0.05) is 11.9 Å². The molecule has 18 heavy (non-hydrogen) atoms. The Morgan fingerprint density at radius 1 is 1.28 bits per heavy atom. The molecule has 0 spiro atoms. The molecule has 0 aliphatic rings. The van der Waals surface area contributed by atoms with Gasteiger partial charge in [-0.1, -0.05) is 19.9 Å². The molecular formula is C13H14F2N2S. The fourth-order valence-corrected chi connectivity index (χ4v) is 2.22. The minimum atomic E-state index is -0.587. The topological polar surface area (TPSA) is 24.9 Å². The van der Waals surface area contributed by atoms with Crippen LogP contribution in [-0.2, 0) is 0 Å². The van der Waals surface area contributed by atoms with Crippen molar-refractivity contribution in [3.63, 3.8) is 0 Å². The Bertz CT molecular complexity index is 517. The first-order chi connectivity index (χ1) is 8.58. The zero-order valence-corrected chi connectivity index (χ0v) is 11.0. The Morgan fingerprint density at radius 2 is 1.94 bits per heavy atom. The van der Waals surface area contributed by atoms with Gasteiger partial charge in [0.1, 0.15) is 11.6 Å². The highest BCUT2D eigenvalue weighted by atomic mass is 32.1. The number of anilines is 1. The largest absolute Gasteiger partial charge is 0.361 e. The van der Waals surface area contributed by atoms with E-state index >= 15 is 0 Å². The second-order valence-electron chi connectivity index (χ2n) is 4.41. The summed E-state index contributed by atoms with van der Waals surface area (Å²) < 4.78 is 27.1. The summed E-state index contributed by atoms with van der Waals surface area (Å²) in [4.78, 5) is 4.20. The maximum absolute atomic E-state index is 13.6. The van der Waals surface area contributed by atoms with E-state index in [2.05, 4.69) is 24.1 Å². The Morgan fingerprint density at radius 3 is 2.56 bits per heavy atom. The van der Waals surface area contributed by atoms with Crippen LogP contribution in [0.3, 0.4) is 0 Å². The Labute approximate surface area is 109 Å². The number of thiazole rings is 1. The molecule has 0 fully saturated rings. The summed E-state index contributed by atoms with van der Waals surface area (Å²) in [5.74, 6) is -0.686. The van der Waals surface area contributed by atoms with E-state index in [4.69, 9.17) is 0 Å². The molecule has 1 aromatic heterocycles. The first kappa shape index (κ1) is 13.0. The quantitative estimate of drug-likeness (QED) is 0.900. The number of rotatable bonds is 4. The summed E-state index contributed by atoms with van der Waals surface area (Å²) >= 11 is 1.35. The van der Waals surface area contributed by atoms with Gasteiger partial charge in [-0.3, -0.25) is 0 Å². The van der Waals surface area contributed by atoms with E-state index in [1.54, 1.807) is 5.38 Å². The minimum Gasteiger partial charge on any atom is -0.361 e. The van der Waals surface area contributed by atoms with E-state index in [0.717, 1.165) is 6.54 Å². The fourth-order valence-electron chi connectivity index (χ4n) is 1.50. The summed E-state index contributed by atoms with van der Waals surface area (Å²) in [7, 11) is 0. The molecular weight excluding hydrogens is 254 g/mol.